The van der Waals surface area contributed by atoms with Crippen molar-refractivity contribution in [2.75, 3.05) is 53.3 Å². The molecule has 4 fully saturated rings. The van der Waals surface area contributed by atoms with Crippen LogP contribution >= 0.6 is 0 Å². The molecule has 0 aromatic heterocycles. The number of amides is 2. The summed E-state index contributed by atoms with van der Waals surface area (Å²) in [6.45, 7) is 8.62. The number of nitrogens with zero attached hydrogens (tertiary/aromatic N) is 3. The lowest BCUT2D eigenvalue weighted by molar-refractivity contribution is -0.137. The summed E-state index contributed by atoms with van der Waals surface area (Å²) in [6.07, 6.45) is 2.85. The fraction of sp³-hybridized carbons (Fsp3) is 0.535. The maximum absolute atomic E-state index is 13.9. The van der Waals surface area contributed by atoms with Crippen LogP contribution in [0.15, 0.2) is 66.7 Å². The molecule has 2 amide bonds. The number of benzene rings is 3. The smallest absolute Gasteiger partial charge is 0.251 e. The lowest BCUT2D eigenvalue weighted by Crippen LogP contribution is -2.61. The average molecular weight is 710 g/mol. The Morgan fingerprint density at radius 3 is 2.40 bits per heavy atom. The number of carbonyl (C=O) groups excluding carboxylic acids is 2. The number of likely N-dealkylation sites (tertiary alicyclic amines) is 1. The van der Waals surface area contributed by atoms with Crippen molar-refractivity contribution < 1.29 is 19.4 Å². The highest BCUT2D eigenvalue weighted by atomic mass is 16.5. The van der Waals surface area contributed by atoms with Gasteiger partial charge in [-0.2, -0.15) is 0 Å². The van der Waals surface area contributed by atoms with Crippen LogP contribution in [-0.4, -0.2) is 99.3 Å². The van der Waals surface area contributed by atoms with Crippen molar-refractivity contribution in [1.29, 1.82) is 0 Å². The fourth-order valence-corrected chi connectivity index (χ4v) is 9.27. The van der Waals surface area contributed by atoms with Gasteiger partial charge in [0.2, 0.25) is 5.91 Å². The van der Waals surface area contributed by atoms with Crippen LogP contribution in [0, 0.1) is 23.2 Å². The van der Waals surface area contributed by atoms with E-state index >= 15 is 0 Å². The molecule has 3 aromatic rings. The highest BCUT2D eigenvalue weighted by molar-refractivity contribution is 5.97. The predicted octanol–water partition coefficient (Wildman–Crippen LogP) is 5.45. The molecule has 1 heterocycles. The van der Waals surface area contributed by atoms with Crippen LogP contribution in [-0.2, 0) is 17.8 Å². The summed E-state index contributed by atoms with van der Waals surface area (Å²) < 4.78 is 6.10. The predicted molar refractivity (Wildman–Crippen MR) is 209 cm³/mol. The van der Waals surface area contributed by atoms with Crippen LogP contribution < -0.4 is 20.3 Å². The molecule has 7 atom stereocenters. The number of likely N-dealkylation sites (N-methyl/N-ethyl adjacent to an activating group) is 1. The number of fused-ring (bicyclic) bond motifs is 2. The van der Waals surface area contributed by atoms with Gasteiger partial charge in [-0.05, 0) is 92.3 Å². The van der Waals surface area contributed by atoms with Crippen molar-refractivity contribution in [2.45, 2.75) is 77.2 Å². The Morgan fingerprint density at radius 2 is 1.75 bits per heavy atom. The van der Waals surface area contributed by atoms with Gasteiger partial charge in [0.25, 0.3) is 5.91 Å². The Kier molecular flexibility index (Phi) is 11.3. The maximum Gasteiger partial charge on any atom is 0.251 e. The molecule has 9 heteroatoms. The normalized spacial score (nSPS) is 25.7. The average Bonchev–Trinajstić information content (AvgIpc) is 3.48. The molecule has 7 rings (SSSR count). The minimum Gasteiger partial charge on any atom is -0.496 e. The minimum absolute atomic E-state index is 0.0109. The monoisotopic (exact) mass is 709 g/mol. The van der Waals surface area contributed by atoms with E-state index in [0.29, 0.717) is 60.5 Å². The van der Waals surface area contributed by atoms with Gasteiger partial charge in [-0.3, -0.25) is 14.5 Å². The second-order valence-electron chi connectivity index (χ2n) is 16.7. The van der Waals surface area contributed by atoms with E-state index in [4.69, 9.17) is 4.74 Å². The summed E-state index contributed by atoms with van der Waals surface area (Å²) in [5.74, 6) is 2.31. The number of ether oxygens (including phenoxy) is 1. The molecule has 0 radical (unpaired) electrons. The number of rotatable bonds is 13. The van der Waals surface area contributed by atoms with Crippen molar-refractivity contribution in [1.82, 2.24) is 20.4 Å². The van der Waals surface area contributed by atoms with E-state index < -0.39 is 12.1 Å². The first kappa shape index (κ1) is 37.8. The molecular weight excluding hydrogens is 651 g/mol. The quantitative estimate of drug-likeness (QED) is 0.217. The number of para-hydroxylation sites is 1. The van der Waals surface area contributed by atoms with Gasteiger partial charge >= 0.3 is 0 Å². The molecular formula is C43H59N5O4. The number of hydrogen-bond donors (Lipinski definition) is 3. The molecule has 3 saturated carbocycles. The molecule has 3 aromatic carbocycles. The number of carbonyl (C=O) groups is 2. The summed E-state index contributed by atoms with van der Waals surface area (Å²) in [5, 5.41) is 17.5. The minimum atomic E-state index is -0.572. The highest BCUT2D eigenvalue weighted by Crippen LogP contribution is 2.61. The van der Waals surface area contributed by atoms with Crippen molar-refractivity contribution in [2.24, 2.45) is 23.2 Å². The van der Waals surface area contributed by atoms with Gasteiger partial charge in [0.05, 0.1) is 19.3 Å². The molecule has 280 valence electrons. The van der Waals surface area contributed by atoms with Gasteiger partial charge < -0.3 is 30.3 Å². The molecule has 0 spiro atoms. The third kappa shape index (κ3) is 8.02. The van der Waals surface area contributed by atoms with E-state index in [1.165, 1.54) is 12.0 Å². The molecule has 3 N–H and O–H groups in total. The van der Waals surface area contributed by atoms with Gasteiger partial charge in [0.15, 0.2) is 0 Å². The molecule has 2 bridgehead atoms. The van der Waals surface area contributed by atoms with Gasteiger partial charge in [-0.25, -0.2) is 0 Å². The second-order valence-corrected chi connectivity index (χ2v) is 16.7. The first-order valence-corrected chi connectivity index (χ1v) is 19.0. The fourth-order valence-electron chi connectivity index (χ4n) is 9.27. The van der Waals surface area contributed by atoms with E-state index in [0.717, 1.165) is 35.2 Å². The lowest BCUT2D eigenvalue weighted by Gasteiger charge is -2.62. The van der Waals surface area contributed by atoms with E-state index in [2.05, 4.69) is 59.4 Å². The van der Waals surface area contributed by atoms with Crippen molar-refractivity contribution in [3.63, 3.8) is 0 Å². The third-order valence-corrected chi connectivity index (χ3v) is 12.3. The van der Waals surface area contributed by atoms with Crippen LogP contribution in [0.4, 0.5) is 5.69 Å². The van der Waals surface area contributed by atoms with Gasteiger partial charge in [-0.1, -0.05) is 69.3 Å². The van der Waals surface area contributed by atoms with E-state index in [1.54, 1.807) is 7.11 Å². The van der Waals surface area contributed by atoms with Crippen LogP contribution in [0.5, 0.6) is 5.75 Å². The van der Waals surface area contributed by atoms with Crippen LogP contribution in [0.2, 0.25) is 0 Å². The SMILES string of the molecule is COc1c(CN2C[C@@H](O)C[C@H]2C(=O)N[C@H]2C[C@@H]3C[C@H]([C@@H]2C)C3(C)C)cccc1-c1cc(C(=O)N[C@@H](Cc2ccccc2)CN(C)C)cc(N(C)C)c1. The van der Waals surface area contributed by atoms with E-state index in [9.17, 15) is 14.7 Å². The standard InChI is InChI=1S/C43H59N5O4/c1-27-37-21-32(43(37,2)3)22-38(27)45-42(51)39-23-35(49)26-48(39)24-29-15-12-16-36(40(29)52-8)30-18-31(20-34(19-30)47(6)7)41(50)44-33(25-46(4)5)17-28-13-10-9-11-14-28/h9-16,18-20,27,32-33,35,37-39,49H,17,21-26H2,1-8H3,(H,44,50)(H,45,51)/t27-,32-,33-,35-,37+,38-,39-/m0/s1. The zero-order valence-corrected chi connectivity index (χ0v) is 32.4. The number of aliphatic hydroxyl groups is 1. The molecule has 4 aliphatic rings. The van der Waals surface area contributed by atoms with Crippen LogP contribution in [0.25, 0.3) is 11.1 Å². The Hall–Kier alpha value is -3.92. The Balaban J connectivity index is 1.23. The first-order chi connectivity index (χ1) is 24.7. The van der Waals surface area contributed by atoms with Gasteiger partial charge in [-0.15, -0.1) is 0 Å². The molecule has 9 nitrogen and oxygen atoms in total. The zero-order chi connectivity index (χ0) is 37.3. The summed E-state index contributed by atoms with van der Waals surface area (Å²) in [5.41, 5.74) is 5.66. The second kappa shape index (κ2) is 15.6. The molecule has 52 heavy (non-hydrogen) atoms. The van der Waals surface area contributed by atoms with E-state index in [-0.39, 0.29) is 23.9 Å². The molecule has 1 saturated heterocycles. The summed E-state index contributed by atoms with van der Waals surface area (Å²) in [4.78, 5) is 34.0. The number of anilines is 1. The number of hydrogen-bond acceptors (Lipinski definition) is 7. The Morgan fingerprint density at radius 1 is 1.00 bits per heavy atom. The summed E-state index contributed by atoms with van der Waals surface area (Å²) in [7, 11) is 9.65. The molecule has 3 aliphatic carbocycles. The Bertz CT molecular complexity index is 1730. The summed E-state index contributed by atoms with van der Waals surface area (Å²) >= 11 is 0. The number of methoxy groups -OCH3 is 1. The zero-order valence-electron chi connectivity index (χ0n) is 32.4. The summed E-state index contributed by atoms with van der Waals surface area (Å²) in [6, 6.07) is 21.9. The Labute approximate surface area is 310 Å². The maximum atomic E-state index is 13.9. The third-order valence-electron chi connectivity index (χ3n) is 12.3. The number of nitrogens with one attached hydrogen (secondary N) is 2. The molecule has 1 aliphatic heterocycles. The van der Waals surface area contributed by atoms with Crippen molar-refractivity contribution in [3.8, 4) is 16.9 Å². The van der Waals surface area contributed by atoms with Crippen LogP contribution in [0.3, 0.4) is 0 Å². The largest absolute Gasteiger partial charge is 0.496 e. The van der Waals surface area contributed by atoms with Crippen LogP contribution in [0.1, 0.15) is 61.5 Å². The molecule has 0 unspecified atom stereocenters. The number of aliphatic hydroxyl groups excluding tert-OH is 1. The van der Waals surface area contributed by atoms with Crippen molar-refractivity contribution >= 4 is 17.5 Å². The van der Waals surface area contributed by atoms with Gasteiger partial charge in [0.1, 0.15) is 5.75 Å². The first-order valence-electron chi connectivity index (χ1n) is 19.0. The van der Waals surface area contributed by atoms with Crippen molar-refractivity contribution in [3.05, 3.63) is 83.4 Å². The highest BCUT2D eigenvalue weighted by Gasteiger charge is 2.56. The van der Waals surface area contributed by atoms with E-state index in [1.807, 2.05) is 81.6 Å². The topological polar surface area (TPSA) is 97.4 Å². The number of β-amino-alcohol motifs (C(OH)–C–C–N with tert-alkyl or cyclic N) is 1. The lowest BCUT2D eigenvalue weighted by atomic mass is 9.45. The van der Waals surface area contributed by atoms with Gasteiger partial charge in [0, 0.05) is 68.2 Å².